The molecule has 1 N–H and O–H groups in total. The molecule has 0 aliphatic carbocycles. The molecule has 1 atom stereocenters. The van der Waals surface area contributed by atoms with Crippen LogP contribution < -0.4 is 4.90 Å². The zero-order valence-corrected chi connectivity index (χ0v) is 10.9. The molecule has 0 amide bonds. The number of aliphatic carboxylic acids is 1. The van der Waals surface area contributed by atoms with Crippen LogP contribution in [0.3, 0.4) is 0 Å². The maximum absolute atomic E-state index is 11.2. The predicted octanol–water partition coefficient (Wildman–Crippen LogP) is 2.20. The first-order valence-electron chi connectivity index (χ1n) is 6.62. The van der Waals surface area contributed by atoms with Crippen LogP contribution in [0.25, 0.3) is 11.3 Å². The summed E-state index contributed by atoms with van der Waals surface area (Å²) < 4.78 is 0. The van der Waals surface area contributed by atoms with E-state index < -0.39 is 12.0 Å². The Morgan fingerprint density at radius 1 is 1.20 bits per heavy atom. The number of benzene rings is 1. The van der Waals surface area contributed by atoms with Gasteiger partial charge in [-0.3, -0.25) is 4.98 Å². The Balaban J connectivity index is 1.85. The van der Waals surface area contributed by atoms with Crippen molar-refractivity contribution in [2.75, 3.05) is 11.4 Å². The molecule has 5 heteroatoms. The first-order chi connectivity index (χ1) is 9.75. The molecule has 102 valence electrons. The van der Waals surface area contributed by atoms with Crippen LogP contribution in [0.15, 0.2) is 42.7 Å². The fourth-order valence-electron chi connectivity index (χ4n) is 2.53. The highest BCUT2D eigenvalue weighted by atomic mass is 16.4. The summed E-state index contributed by atoms with van der Waals surface area (Å²) in [5, 5.41) is 9.19. The van der Waals surface area contributed by atoms with Gasteiger partial charge in [-0.05, 0) is 12.8 Å². The summed E-state index contributed by atoms with van der Waals surface area (Å²) in [6, 6.07) is 9.32. The molecular weight excluding hydrogens is 254 g/mol. The summed E-state index contributed by atoms with van der Waals surface area (Å²) in [6.45, 7) is 0.719. The number of carboxylic acids is 1. The highest BCUT2D eigenvalue weighted by Gasteiger charge is 2.31. The third kappa shape index (κ3) is 2.34. The number of hydrogen-bond acceptors (Lipinski definition) is 4. The number of nitrogens with zero attached hydrogens (tertiary/aromatic N) is 3. The maximum atomic E-state index is 11.2. The van der Waals surface area contributed by atoms with Crippen molar-refractivity contribution >= 4 is 11.8 Å². The third-order valence-corrected chi connectivity index (χ3v) is 3.54. The largest absolute Gasteiger partial charge is 0.480 e. The van der Waals surface area contributed by atoms with Gasteiger partial charge < -0.3 is 10.0 Å². The normalized spacial score (nSPS) is 18.2. The number of aromatic nitrogens is 2. The SMILES string of the molecule is O=C(O)C1CCCN1c1cnc(-c2ccccc2)cn1. The Morgan fingerprint density at radius 2 is 2.00 bits per heavy atom. The van der Waals surface area contributed by atoms with Crippen LogP contribution in [0.1, 0.15) is 12.8 Å². The predicted molar refractivity (Wildman–Crippen MR) is 75.5 cm³/mol. The lowest BCUT2D eigenvalue weighted by Crippen LogP contribution is -2.36. The molecule has 1 aromatic carbocycles. The van der Waals surface area contributed by atoms with Crippen LogP contribution in [-0.2, 0) is 4.79 Å². The second kappa shape index (κ2) is 5.28. The van der Waals surface area contributed by atoms with Crippen LogP contribution >= 0.6 is 0 Å². The molecule has 0 saturated carbocycles. The number of rotatable bonds is 3. The summed E-state index contributed by atoms with van der Waals surface area (Å²) in [6.07, 6.45) is 4.89. The molecule has 1 aliphatic rings. The van der Waals surface area contributed by atoms with Gasteiger partial charge in [0.15, 0.2) is 0 Å². The van der Waals surface area contributed by atoms with E-state index in [1.54, 1.807) is 12.4 Å². The topological polar surface area (TPSA) is 66.3 Å². The van der Waals surface area contributed by atoms with E-state index in [1.165, 1.54) is 0 Å². The second-order valence-electron chi connectivity index (χ2n) is 4.82. The van der Waals surface area contributed by atoms with Crippen LogP contribution in [0.2, 0.25) is 0 Å². The Hall–Kier alpha value is -2.43. The van der Waals surface area contributed by atoms with Gasteiger partial charge in [-0.2, -0.15) is 0 Å². The highest BCUT2D eigenvalue weighted by Crippen LogP contribution is 2.24. The first kappa shape index (κ1) is 12.6. The Morgan fingerprint density at radius 3 is 2.65 bits per heavy atom. The van der Waals surface area contributed by atoms with Crippen molar-refractivity contribution in [3.8, 4) is 11.3 Å². The van der Waals surface area contributed by atoms with Gasteiger partial charge in [0.2, 0.25) is 0 Å². The molecule has 1 aliphatic heterocycles. The number of hydrogen-bond donors (Lipinski definition) is 1. The van der Waals surface area contributed by atoms with Crippen molar-refractivity contribution in [2.45, 2.75) is 18.9 Å². The van der Waals surface area contributed by atoms with Gasteiger partial charge in [-0.25, -0.2) is 9.78 Å². The minimum atomic E-state index is -0.795. The van der Waals surface area contributed by atoms with Crippen molar-refractivity contribution in [3.63, 3.8) is 0 Å². The average molecular weight is 269 g/mol. The Bertz CT molecular complexity index is 598. The zero-order valence-electron chi connectivity index (χ0n) is 10.9. The van der Waals surface area contributed by atoms with Crippen LogP contribution in [-0.4, -0.2) is 33.6 Å². The van der Waals surface area contributed by atoms with Crippen molar-refractivity contribution in [1.29, 1.82) is 0 Å². The maximum Gasteiger partial charge on any atom is 0.326 e. The fraction of sp³-hybridized carbons (Fsp3) is 0.267. The number of anilines is 1. The third-order valence-electron chi connectivity index (χ3n) is 3.54. The summed E-state index contributed by atoms with van der Waals surface area (Å²) in [4.78, 5) is 21.8. The summed E-state index contributed by atoms with van der Waals surface area (Å²) in [5.74, 6) is -0.161. The van der Waals surface area contributed by atoms with E-state index in [-0.39, 0.29) is 0 Å². The lowest BCUT2D eigenvalue weighted by atomic mass is 10.2. The lowest BCUT2D eigenvalue weighted by molar-refractivity contribution is -0.138. The van der Waals surface area contributed by atoms with Gasteiger partial charge in [0, 0.05) is 12.1 Å². The summed E-state index contributed by atoms with van der Waals surface area (Å²) in [7, 11) is 0. The van der Waals surface area contributed by atoms with Crippen LogP contribution in [0.4, 0.5) is 5.82 Å². The highest BCUT2D eigenvalue weighted by molar-refractivity contribution is 5.78. The van der Waals surface area contributed by atoms with Crippen molar-refractivity contribution in [3.05, 3.63) is 42.7 Å². The van der Waals surface area contributed by atoms with Gasteiger partial charge in [0.1, 0.15) is 11.9 Å². The second-order valence-corrected chi connectivity index (χ2v) is 4.82. The molecule has 0 bridgehead atoms. The van der Waals surface area contributed by atoms with Gasteiger partial charge in [-0.15, -0.1) is 0 Å². The first-order valence-corrected chi connectivity index (χ1v) is 6.62. The molecule has 20 heavy (non-hydrogen) atoms. The quantitative estimate of drug-likeness (QED) is 0.925. The molecule has 2 aromatic rings. The molecular formula is C15H15N3O2. The number of carbonyl (C=O) groups is 1. The van der Waals surface area contributed by atoms with Gasteiger partial charge in [0.05, 0.1) is 18.1 Å². The molecule has 2 heterocycles. The average Bonchev–Trinajstić information content (AvgIpc) is 2.98. The van der Waals surface area contributed by atoms with Crippen molar-refractivity contribution in [2.24, 2.45) is 0 Å². The number of carboxylic acid groups (broad SMARTS) is 1. The van der Waals surface area contributed by atoms with E-state index in [0.717, 1.165) is 24.2 Å². The van der Waals surface area contributed by atoms with Crippen LogP contribution in [0.5, 0.6) is 0 Å². The van der Waals surface area contributed by atoms with Gasteiger partial charge >= 0.3 is 5.97 Å². The molecule has 5 nitrogen and oxygen atoms in total. The molecule has 3 rings (SSSR count). The van der Waals surface area contributed by atoms with E-state index in [9.17, 15) is 9.90 Å². The van der Waals surface area contributed by atoms with Crippen molar-refractivity contribution < 1.29 is 9.90 Å². The molecule has 0 radical (unpaired) electrons. The minimum absolute atomic E-state index is 0.480. The van der Waals surface area contributed by atoms with E-state index in [0.29, 0.717) is 12.2 Å². The molecule has 1 fully saturated rings. The monoisotopic (exact) mass is 269 g/mol. The van der Waals surface area contributed by atoms with E-state index in [2.05, 4.69) is 9.97 Å². The van der Waals surface area contributed by atoms with Crippen molar-refractivity contribution in [1.82, 2.24) is 9.97 Å². The Kier molecular flexibility index (Phi) is 3.33. The molecule has 1 unspecified atom stereocenters. The standard InChI is InChI=1S/C15H15N3O2/c19-15(20)13-7-4-8-18(13)14-10-16-12(9-17-14)11-5-2-1-3-6-11/h1-3,5-6,9-10,13H,4,7-8H2,(H,19,20). The fourth-order valence-corrected chi connectivity index (χ4v) is 2.53. The van der Waals surface area contributed by atoms with Gasteiger partial charge in [0.25, 0.3) is 0 Å². The van der Waals surface area contributed by atoms with Gasteiger partial charge in [-0.1, -0.05) is 30.3 Å². The Labute approximate surface area is 116 Å². The van der Waals surface area contributed by atoms with E-state index >= 15 is 0 Å². The summed E-state index contributed by atoms with van der Waals surface area (Å²) in [5.41, 5.74) is 1.79. The van der Waals surface area contributed by atoms with Crippen LogP contribution in [0, 0.1) is 0 Å². The zero-order chi connectivity index (χ0) is 13.9. The molecule has 0 spiro atoms. The molecule has 1 aromatic heterocycles. The smallest absolute Gasteiger partial charge is 0.326 e. The summed E-state index contributed by atoms with van der Waals surface area (Å²) >= 11 is 0. The molecule has 1 saturated heterocycles. The van der Waals surface area contributed by atoms with E-state index in [1.807, 2.05) is 35.2 Å². The lowest BCUT2D eigenvalue weighted by Gasteiger charge is -2.21. The minimum Gasteiger partial charge on any atom is -0.480 e. The van der Waals surface area contributed by atoms with E-state index in [4.69, 9.17) is 0 Å².